The van der Waals surface area contributed by atoms with Crippen LogP contribution >= 0.6 is 11.3 Å². The third kappa shape index (κ3) is 3.79. The van der Waals surface area contributed by atoms with Crippen LogP contribution in [0.2, 0.25) is 0 Å². The van der Waals surface area contributed by atoms with E-state index in [1.165, 1.54) is 23.7 Å². The molecular formula is C20H21F2N5OS. The lowest BCUT2D eigenvalue weighted by molar-refractivity contribution is 0.103. The van der Waals surface area contributed by atoms with Crippen molar-refractivity contribution in [1.29, 1.82) is 0 Å². The van der Waals surface area contributed by atoms with E-state index in [0.717, 1.165) is 66.5 Å². The van der Waals surface area contributed by atoms with Crippen LogP contribution in [0.15, 0.2) is 24.5 Å². The summed E-state index contributed by atoms with van der Waals surface area (Å²) in [4.78, 5) is 27.5. The first-order valence-corrected chi connectivity index (χ1v) is 10.3. The molecule has 1 aliphatic heterocycles. The Balaban J connectivity index is 1.64. The van der Waals surface area contributed by atoms with Crippen molar-refractivity contribution in [3.05, 3.63) is 46.6 Å². The summed E-state index contributed by atoms with van der Waals surface area (Å²) in [5, 5.41) is 3.51. The molecule has 1 amide bonds. The van der Waals surface area contributed by atoms with Crippen molar-refractivity contribution in [3.63, 3.8) is 0 Å². The first kappa shape index (κ1) is 19.7. The molecule has 0 bridgehead atoms. The van der Waals surface area contributed by atoms with Crippen LogP contribution in [0, 0.1) is 18.6 Å². The zero-order chi connectivity index (χ0) is 20.5. The first-order valence-electron chi connectivity index (χ1n) is 9.45. The number of rotatable bonds is 4. The largest absolute Gasteiger partial charge is 0.353 e. The maximum absolute atomic E-state index is 13.4. The minimum atomic E-state index is -1.00. The summed E-state index contributed by atoms with van der Waals surface area (Å²) in [6, 6.07) is 3.29. The van der Waals surface area contributed by atoms with Gasteiger partial charge in [0.15, 0.2) is 11.6 Å². The van der Waals surface area contributed by atoms with E-state index in [1.54, 1.807) is 0 Å². The fraction of sp³-hybridized carbons (Fsp3) is 0.350. The summed E-state index contributed by atoms with van der Waals surface area (Å²) in [5.74, 6) is -1.50. The van der Waals surface area contributed by atoms with Crippen molar-refractivity contribution in [1.82, 2.24) is 14.9 Å². The molecule has 3 heterocycles. The number of piperazine rings is 1. The zero-order valence-electron chi connectivity index (χ0n) is 16.2. The van der Waals surface area contributed by atoms with Gasteiger partial charge in [-0.3, -0.25) is 4.79 Å². The summed E-state index contributed by atoms with van der Waals surface area (Å²) >= 11 is 1.27. The zero-order valence-corrected chi connectivity index (χ0v) is 17.0. The molecule has 152 valence electrons. The minimum Gasteiger partial charge on any atom is -0.353 e. The van der Waals surface area contributed by atoms with Gasteiger partial charge >= 0.3 is 0 Å². The number of nitrogens with one attached hydrogen (secondary N) is 1. The van der Waals surface area contributed by atoms with Crippen molar-refractivity contribution in [2.75, 3.05) is 42.9 Å². The average Bonchev–Trinajstić information content (AvgIpc) is 3.08. The molecule has 9 heteroatoms. The lowest BCUT2D eigenvalue weighted by Crippen LogP contribution is -2.46. The highest BCUT2D eigenvalue weighted by atomic mass is 32.1. The number of carbonyl (C=O) groups is 1. The number of carbonyl (C=O) groups excluding carboxylic acids is 1. The Bertz CT molecular complexity index is 1060. The molecule has 1 saturated heterocycles. The number of hydrogen-bond donors (Lipinski definition) is 1. The Morgan fingerprint density at radius 1 is 1.17 bits per heavy atom. The van der Waals surface area contributed by atoms with Gasteiger partial charge in [0.2, 0.25) is 0 Å². The van der Waals surface area contributed by atoms with Crippen LogP contribution < -0.4 is 10.2 Å². The third-order valence-electron chi connectivity index (χ3n) is 5.21. The molecule has 1 N–H and O–H groups in total. The van der Waals surface area contributed by atoms with E-state index >= 15 is 0 Å². The number of aryl methyl sites for hydroxylation is 1. The fourth-order valence-corrected chi connectivity index (χ4v) is 4.59. The highest BCUT2D eigenvalue weighted by molar-refractivity contribution is 7.20. The monoisotopic (exact) mass is 417 g/mol. The van der Waals surface area contributed by atoms with Gasteiger partial charge in [0, 0.05) is 37.9 Å². The van der Waals surface area contributed by atoms with Crippen LogP contribution in [0.5, 0.6) is 0 Å². The molecule has 0 radical (unpaired) electrons. The minimum absolute atomic E-state index is 0.202. The van der Waals surface area contributed by atoms with Crippen molar-refractivity contribution in [2.24, 2.45) is 0 Å². The molecule has 29 heavy (non-hydrogen) atoms. The van der Waals surface area contributed by atoms with E-state index < -0.39 is 11.6 Å². The molecule has 1 aliphatic rings. The molecule has 0 saturated carbocycles. The second-order valence-electron chi connectivity index (χ2n) is 6.94. The summed E-state index contributed by atoms with van der Waals surface area (Å²) in [6.07, 6.45) is 1.52. The molecule has 6 nitrogen and oxygen atoms in total. The van der Waals surface area contributed by atoms with Gasteiger partial charge in [-0.2, -0.15) is 0 Å². The first-order chi connectivity index (χ1) is 14.0. The second kappa shape index (κ2) is 8.00. The highest BCUT2D eigenvalue weighted by Gasteiger charge is 2.24. The Labute approximate surface area is 171 Å². The summed E-state index contributed by atoms with van der Waals surface area (Å²) in [6.45, 7) is 8.72. The standard InChI is InChI=1S/C20H21F2N5OS/c1-3-26-6-8-27(9-7-26)18-16-12(2)17(29-20(16)24-11-23-18)19(28)25-13-4-5-14(21)15(22)10-13/h4-5,10-11H,3,6-9H2,1-2H3,(H,25,28). The molecule has 0 spiro atoms. The fourth-order valence-electron chi connectivity index (χ4n) is 3.55. The maximum Gasteiger partial charge on any atom is 0.266 e. The number of aromatic nitrogens is 2. The molecule has 0 aliphatic carbocycles. The van der Waals surface area contributed by atoms with Gasteiger partial charge in [-0.1, -0.05) is 6.92 Å². The predicted molar refractivity (Wildman–Crippen MR) is 111 cm³/mol. The number of amides is 1. The van der Waals surface area contributed by atoms with Crippen LogP contribution in [0.4, 0.5) is 20.3 Å². The van der Waals surface area contributed by atoms with Gasteiger partial charge in [0.25, 0.3) is 5.91 Å². The number of hydrogen-bond acceptors (Lipinski definition) is 6. The van der Waals surface area contributed by atoms with Crippen LogP contribution in [0.25, 0.3) is 10.2 Å². The predicted octanol–water partition coefficient (Wildman–Crippen LogP) is 3.67. The molecule has 1 aromatic carbocycles. The van der Waals surface area contributed by atoms with Gasteiger partial charge in [-0.05, 0) is 31.2 Å². The van der Waals surface area contributed by atoms with E-state index in [0.29, 0.717) is 4.88 Å². The van der Waals surface area contributed by atoms with Gasteiger partial charge < -0.3 is 15.1 Å². The molecular weight excluding hydrogens is 396 g/mol. The van der Waals surface area contributed by atoms with E-state index in [1.807, 2.05) is 6.92 Å². The molecule has 0 unspecified atom stereocenters. The average molecular weight is 417 g/mol. The Hall–Kier alpha value is -2.65. The lowest BCUT2D eigenvalue weighted by atomic mass is 10.1. The van der Waals surface area contributed by atoms with Crippen molar-refractivity contribution >= 4 is 39.0 Å². The highest BCUT2D eigenvalue weighted by Crippen LogP contribution is 2.35. The molecule has 4 rings (SSSR count). The van der Waals surface area contributed by atoms with Crippen LogP contribution in [-0.4, -0.2) is 53.5 Å². The van der Waals surface area contributed by atoms with Crippen molar-refractivity contribution < 1.29 is 13.6 Å². The Morgan fingerprint density at radius 3 is 2.62 bits per heavy atom. The third-order valence-corrected chi connectivity index (χ3v) is 6.41. The summed E-state index contributed by atoms with van der Waals surface area (Å²) in [5.41, 5.74) is 0.992. The maximum atomic E-state index is 13.4. The van der Waals surface area contributed by atoms with Gasteiger partial charge in [-0.25, -0.2) is 18.7 Å². The topological polar surface area (TPSA) is 61.4 Å². The number of likely N-dealkylation sites (N-methyl/N-ethyl adjacent to an activating group) is 1. The number of fused-ring (bicyclic) bond motifs is 1. The Morgan fingerprint density at radius 2 is 1.93 bits per heavy atom. The summed E-state index contributed by atoms with van der Waals surface area (Å²) < 4.78 is 26.6. The van der Waals surface area contributed by atoms with E-state index in [-0.39, 0.29) is 11.6 Å². The quantitative estimate of drug-likeness (QED) is 0.702. The lowest BCUT2D eigenvalue weighted by Gasteiger charge is -2.35. The number of thiophene rings is 1. The van der Waals surface area contributed by atoms with E-state index in [9.17, 15) is 13.6 Å². The smallest absolute Gasteiger partial charge is 0.266 e. The van der Waals surface area contributed by atoms with Gasteiger partial charge in [0.1, 0.15) is 17.0 Å². The van der Waals surface area contributed by atoms with Crippen molar-refractivity contribution in [2.45, 2.75) is 13.8 Å². The number of benzene rings is 1. The van der Waals surface area contributed by atoms with Crippen LogP contribution in [0.3, 0.4) is 0 Å². The molecule has 1 fully saturated rings. The van der Waals surface area contributed by atoms with Gasteiger partial charge in [-0.15, -0.1) is 11.3 Å². The van der Waals surface area contributed by atoms with Gasteiger partial charge in [0.05, 0.1) is 10.3 Å². The number of anilines is 2. The van der Waals surface area contributed by atoms with E-state index in [4.69, 9.17) is 0 Å². The molecule has 2 aromatic heterocycles. The van der Waals surface area contributed by atoms with Crippen LogP contribution in [-0.2, 0) is 0 Å². The SMILES string of the molecule is CCN1CCN(c2ncnc3sc(C(=O)Nc4ccc(F)c(F)c4)c(C)c23)CC1. The van der Waals surface area contributed by atoms with Crippen molar-refractivity contribution in [3.8, 4) is 0 Å². The Kier molecular flexibility index (Phi) is 5.42. The normalized spacial score (nSPS) is 15.1. The molecule has 0 atom stereocenters. The second-order valence-corrected chi connectivity index (χ2v) is 7.94. The number of nitrogens with zero attached hydrogens (tertiary/aromatic N) is 4. The summed E-state index contributed by atoms with van der Waals surface area (Å²) in [7, 11) is 0. The van der Waals surface area contributed by atoms with Crippen LogP contribution in [0.1, 0.15) is 22.2 Å². The van der Waals surface area contributed by atoms with E-state index in [2.05, 4.69) is 32.0 Å². The number of halogens is 2. The molecule has 3 aromatic rings.